The highest BCUT2D eigenvalue weighted by Gasteiger charge is 2.34. The van der Waals surface area contributed by atoms with Gasteiger partial charge in [0.05, 0.1) is 11.7 Å². The summed E-state index contributed by atoms with van der Waals surface area (Å²) in [6, 6.07) is 4.41. The van der Waals surface area contributed by atoms with Crippen molar-refractivity contribution in [2.45, 2.75) is 50.8 Å². The van der Waals surface area contributed by atoms with Gasteiger partial charge < -0.3 is 5.11 Å². The molecule has 2 atom stereocenters. The maximum atomic E-state index is 12.8. The number of aliphatic hydroxyl groups excluding tert-OH is 1. The number of alkyl halides is 3. The highest BCUT2D eigenvalue weighted by Crippen LogP contribution is 2.37. The first-order chi connectivity index (χ1) is 8.39. The molecular weight excluding hydrogens is 241 g/mol. The first kappa shape index (κ1) is 13.4. The molecule has 1 fully saturated rings. The number of aliphatic hydroxyl groups is 1. The summed E-state index contributed by atoms with van der Waals surface area (Å²) in [5.41, 5.74) is 0.259. The van der Waals surface area contributed by atoms with E-state index in [0.717, 1.165) is 19.3 Å². The molecule has 1 aromatic rings. The molecule has 1 saturated carbocycles. The summed E-state index contributed by atoms with van der Waals surface area (Å²) < 4.78 is 38.5. The summed E-state index contributed by atoms with van der Waals surface area (Å²) in [4.78, 5) is 0. The molecule has 0 bridgehead atoms. The minimum atomic E-state index is -4.32. The van der Waals surface area contributed by atoms with Crippen LogP contribution in [0.5, 0.6) is 0 Å². The van der Waals surface area contributed by atoms with Crippen LogP contribution >= 0.6 is 0 Å². The van der Waals surface area contributed by atoms with Crippen LogP contribution in [0.1, 0.15) is 48.3 Å². The first-order valence-corrected chi connectivity index (χ1v) is 6.25. The topological polar surface area (TPSA) is 20.2 Å². The van der Waals surface area contributed by atoms with Gasteiger partial charge >= 0.3 is 6.18 Å². The Bertz CT molecular complexity index is 426. The highest BCUT2D eigenvalue weighted by molar-refractivity contribution is 5.35. The largest absolute Gasteiger partial charge is 0.416 e. The van der Waals surface area contributed by atoms with Crippen LogP contribution in [0.3, 0.4) is 0 Å². The Labute approximate surface area is 105 Å². The van der Waals surface area contributed by atoms with Gasteiger partial charge in [0, 0.05) is 5.92 Å². The van der Waals surface area contributed by atoms with Crippen molar-refractivity contribution in [2.24, 2.45) is 0 Å². The van der Waals surface area contributed by atoms with E-state index in [-0.39, 0.29) is 11.5 Å². The maximum Gasteiger partial charge on any atom is 0.416 e. The van der Waals surface area contributed by atoms with Crippen molar-refractivity contribution in [3.63, 3.8) is 0 Å². The minimum absolute atomic E-state index is 0.152. The molecule has 1 N–H and O–H groups in total. The number of rotatable bonds is 1. The van der Waals surface area contributed by atoms with Crippen molar-refractivity contribution >= 4 is 0 Å². The SMILES string of the molecule is Cc1ccc([C@H]2CCCC[C@@H]2O)cc1C(F)(F)F. The van der Waals surface area contributed by atoms with Crippen LogP contribution in [-0.2, 0) is 6.18 Å². The second-order valence-corrected chi connectivity index (χ2v) is 5.03. The Hall–Kier alpha value is -1.03. The molecular formula is C14H17F3O. The molecule has 0 heterocycles. The predicted molar refractivity (Wildman–Crippen MR) is 63.4 cm³/mol. The van der Waals surface area contributed by atoms with Crippen molar-refractivity contribution in [1.82, 2.24) is 0 Å². The molecule has 1 nitrogen and oxygen atoms in total. The molecule has 1 aliphatic carbocycles. The Morgan fingerprint density at radius 3 is 2.44 bits per heavy atom. The lowest BCUT2D eigenvalue weighted by Crippen LogP contribution is -2.23. The molecule has 1 aliphatic rings. The molecule has 100 valence electrons. The third-order valence-electron chi connectivity index (χ3n) is 3.72. The third kappa shape index (κ3) is 2.69. The van der Waals surface area contributed by atoms with Crippen LogP contribution in [0.4, 0.5) is 13.2 Å². The van der Waals surface area contributed by atoms with Gasteiger partial charge in [0.15, 0.2) is 0 Å². The summed E-state index contributed by atoms with van der Waals surface area (Å²) in [5.74, 6) is -0.152. The molecule has 1 aromatic carbocycles. The van der Waals surface area contributed by atoms with Gasteiger partial charge in [-0.05, 0) is 37.0 Å². The van der Waals surface area contributed by atoms with Gasteiger partial charge in [0.2, 0.25) is 0 Å². The Morgan fingerprint density at radius 1 is 1.17 bits per heavy atom. The van der Waals surface area contributed by atoms with Crippen LogP contribution in [0.15, 0.2) is 18.2 Å². The molecule has 0 aliphatic heterocycles. The average Bonchev–Trinajstić information content (AvgIpc) is 2.29. The third-order valence-corrected chi connectivity index (χ3v) is 3.72. The lowest BCUT2D eigenvalue weighted by Gasteiger charge is -2.28. The normalized spacial score (nSPS) is 25.2. The lowest BCUT2D eigenvalue weighted by atomic mass is 9.81. The van der Waals surface area contributed by atoms with Crippen molar-refractivity contribution in [1.29, 1.82) is 0 Å². The van der Waals surface area contributed by atoms with E-state index in [0.29, 0.717) is 12.0 Å². The van der Waals surface area contributed by atoms with E-state index in [9.17, 15) is 18.3 Å². The first-order valence-electron chi connectivity index (χ1n) is 6.25. The second-order valence-electron chi connectivity index (χ2n) is 5.03. The van der Waals surface area contributed by atoms with E-state index < -0.39 is 17.8 Å². The number of halogens is 3. The quantitative estimate of drug-likeness (QED) is 0.806. The van der Waals surface area contributed by atoms with E-state index in [1.165, 1.54) is 19.1 Å². The highest BCUT2D eigenvalue weighted by atomic mass is 19.4. The summed E-state index contributed by atoms with van der Waals surface area (Å²) in [6.07, 6.45) is -1.46. The fraction of sp³-hybridized carbons (Fsp3) is 0.571. The molecule has 18 heavy (non-hydrogen) atoms. The zero-order valence-electron chi connectivity index (χ0n) is 10.3. The van der Waals surface area contributed by atoms with Gasteiger partial charge in [-0.1, -0.05) is 25.0 Å². The fourth-order valence-electron chi connectivity index (χ4n) is 2.68. The zero-order chi connectivity index (χ0) is 13.3. The predicted octanol–water partition coefficient (Wildman–Crippen LogP) is 4.03. The van der Waals surface area contributed by atoms with E-state index in [1.807, 2.05) is 0 Å². The van der Waals surface area contributed by atoms with Crippen LogP contribution in [-0.4, -0.2) is 11.2 Å². The van der Waals surface area contributed by atoms with Gasteiger partial charge in [-0.2, -0.15) is 13.2 Å². The molecule has 2 rings (SSSR count). The number of benzene rings is 1. The van der Waals surface area contributed by atoms with Gasteiger partial charge in [-0.15, -0.1) is 0 Å². The maximum absolute atomic E-state index is 12.8. The van der Waals surface area contributed by atoms with Crippen molar-refractivity contribution < 1.29 is 18.3 Å². The van der Waals surface area contributed by atoms with E-state index in [2.05, 4.69) is 0 Å². The van der Waals surface area contributed by atoms with Crippen molar-refractivity contribution in [3.05, 3.63) is 34.9 Å². The molecule has 0 aromatic heterocycles. The minimum Gasteiger partial charge on any atom is -0.392 e. The van der Waals surface area contributed by atoms with Gasteiger partial charge in [0.25, 0.3) is 0 Å². The molecule has 0 amide bonds. The van der Waals surface area contributed by atoms with Crippen LogP contribution in [0.2, 0.25) is 0 Å². The zero-order valence-corrected chi connectivity index (χ0v) is 10.3. The summed E-state index contributed by atoms with van der Waals surface area (Å²) in [7, 11) is 0. The van der Waals surface area contributed by atoms with Gasteiger partial charge in [-0.25, -0.2) is 0 Å². The summed E-state index contributed by atoms with van der Waals surface area (Å²) in [5, 5.41) is 9.90. The number of hydrogen-bond donors (Lipinski definition) is 1. The van der Waals surface area contributed by atoms with Gasteiger partial charge in [0.1, 0.15) is 0 Å². The average molecular weight is 258 g/mol. The second kappa shape index (κ2) is 4.92. The van der Waals surface area contributed by atoms with Crippen molar-refractivity contribution in [2.75, 3.05) is 0 Å². The Kier molecular flexibility index (Phi) is 3.66. The smallest absolute Gasteiger partial charge is 0.392 e. The number of hydrogen-bond acceptors (Lipinski definition) is 1. The van der Waals surface area contributed by atoms with Crippen molar-refractivity contribution in [3.8, 4) is 0 Å². The molecule has 0 spiro atoms. The molecule has 0 radical (unpaired) electrons. The number of aryl methyl sites for hydroxylation is 1. The lowest BCUT2D eigenvalue weighted by molar-refractivity contribution is -0.138. The van der Waals surface area contributed by atoms with Crippen LogP contribution in [0.25, 0.3) is 0 Å². The molecule has 0 unspecified atom stereocenters. The fourth-order valence-corrected chi connectivity index (χ4v) is 2.68. The molecule has 0 saturated heterocycles. The van der Waals surface area contributed by atoms with Gasteiger partial charge in [-0.3, -0.25) is 0 Å². The Morgan fingerprint density at radius 2 is 1.83 bits per heavy atom. The monoisotopic (exact) mass is 258 g/mol. The van der Waals surface area contributed by atoms with E-state index in [1.54, 1.807) is 6.07 Å². The molecule has 4 heteroatoms. The van der Waals surface area contributed by atoms with E-state index >= 15 is 0 Å². The summed E-state index contributed by atoms with van der Waals surface area (Å²) in [6.45, 7) is 1.46. The van der Waals surface area contributed by atoms with Crippen LogP contribution < -0.4 is 0 Å². The van der Waals surface area contributed by atoms with Crippen LogP contribution in [0, 0.1) is 6.92 Å². The summed E-state index contributed by atoms with van der Waals surface area (Å²) >= 11 is 0. The standard InChI is InChI=1S/C14H17F3O/c1-9-6-7-10(8-12(9)14(15,16)17)11-4-2-3-5-13(11)18/h6-8,11,13,18H,2-5H2,1H3/t11-,13+/m1/s1. The van der Waals surface area contributed by atoms with E-state index in [4.69, 9.17) is 0 Å². The Balaban J connectivity index is 2.34.